The molecule has 0 atom stereocenters. The third kappa shape index (κ3) is 2.54. The van der Waals surface area contributed by atoms with Crippen LogP contribution in [-0.2, 0) is 0 Å². The van der Waals surface area contributed by atoms with Crippen LogP contribution in [0.3, 0.4) is 0 Å². The molecule has 0 radical (unpaired) electrons. The Labute approximate surface area is 107 Å². The van der Waals surface area contributed by atoms with Crippen LogP contribution in [-0.4, -0.2) is 11.7 Å². The molecule has 2 aliphatic rings. The molecule has 0 saturated heterocycles. The largest absolute Gasteiger partial charge is 0.406 e. The molecular weight excluding hydrogens is 239 g/mol. The Kier molecular flexibility index (Phi) is 4.25. The van der Waals surface area contributed by atoms with Crippen molar-refractivity contribution in [1.82, 2.24) is 0 Å². The van der Waals surface area contributed by atoms with Gasteiger partial charge in [-0.15, -0.1) is 0 Å². The van der Waals surface area contributed by atoms with Crippen molar-refractivity contribution in [1.29, 1.82) is 0 Å². The van der Waals surface area contributed by atoms with E-state index in [4.69, 9.17) is 5.73 Å². The Bertz CT molecular complexity index is 245. The van der Waals surface area contributed by atoms with Gasteiger partial charge in [-0.2, -0.15) is 13.2 Å². The first kappa shape index (κ1) is 14.2. The van der Waals surface area contributed by atoms with Gasteiger partial charge < -0.3 is 5.73 Å². The summed E-state index contributed by atoms with van der Waals surface area (Å²) < 4.78 is 40.6. The van der Waals surface area contributed by atoms with Gasteiger partial charge in [-0.1, -0.05) is 38.5 Å². The van der Waals surface area contributed by atoms with Gasteiger partial charge >= 0.3 is 6.18 Å². The molecule has 2 aliphatic carbocycles. The van der Waals surface area contributed by atoms with Crippen molar-refractivity contribution in [2.75, 3.05) is 0 Å². The van der Waals surface area contributed by atoms with E-state index >= 15 is 0 Å². The van der Waals surface area contributed by atoms with E-state index in [-0.39, 0.29) is 11.8 Å². The zero-order valence-electron chi connectivity index (χ0n) is 10.9. The van der Waals surface area contributed by atoms with Gasteiger partial charge in [-0.05, 0) is 37.5 Å². The molecule has 18 heavy (non-hydrogen) atoms. The smallest absolute Gasteiger partial charge is 0.317 e. The predicted octanol–water partition coefficient (Wildman–Crippen LogP) is 4.41. The van der Waals surface area contributed by atoms with Crippen LogP contribution in [0.5, 0.6) is 0 Å². The molecule has 0 aromatic rings. The molecule has 0 amide bonds. The Hall–Kier alpha value is -0.250. The van der Waals surface area contributed by atoms with Crippen LogP contribution in [0.25, 0.3) is 0 Å². The molecule has 106 valence electrons. The van der Waals surface area contributed by atoms with E-state index in [9.17, 15) is 13.2 Å². The first-order valence-corrected chi connectivity index (χ1v) is 7.32. The standard InChI is InChI=1S/C14H24F3N/c15-14(16,17)13(18,11-7-3-1-4-8-11)12-9-5-2-6-10-12/h11-12H,1-10,18H2. The molecule has 4 heteroatoms. The lowest BCUT2D eigenvalue weighted by molar-refractivity contribution is -0.223. The van der Waals surface area contributed by atoms with E-state index in [1.54, 1.807) is 0 Å². The van der Waals surface area contributed by atoms with Crippen LogP contribution in [0, 0.1) is 11.8 Å². The highest BCUT2D eigenvalue weighted by molar-refractivity contribution is 5.03. The van der Waals surface area contributed by atoms with E-state index in [1.165, 1.54) is 0 Å². The van der Waals surface area contributed by atoms with Gasteiger partial charge in [0.05, 0.1) is 0 Å². The van der Waals surface area contributed by atoms with Gasteiger partial charge in [-0.25, -0.2) is 0 Å². The fourth-order valence-corrected chi connectivity index (χ4v) is 3.96. The van der Waals surface area contributed by atoms with Crippen molar-refractivity contribution in [3.05, 3.63) is 0 Å². The molecular formula is C14H24F3N. The molecule has 0 heterocycles. The van der Waals surface area contributed by atoms with E-state index in [0.717, 1.165) is 38.5 Å². The third-order valence-electron chi connectivity index (χ3n) is 5.05. The molecule has 0 aromatic heterocycles. The number of nitrogens with two attached hydrogens (primary N) is 1. The average Bonchev–Trinajstić information content (AvgIpc) is 2.38. The quantitative estimate of drug-likeness (QED) is 0.784. The summed E-state index contributed by atoms with van der Waals surface area (Å²) >= 11 is 0. The monoisotopic (exact) mass is 263 g/mol. The number of alkyl halides is 3. The summed E-state index contributed by atoms with van der Waals surface area (Å²) in [6.07, 6.45) is 4.15. The Morgan fingerprint density at radius 3 is 1.28 bits per heavy atom. The maximum atomic E-state index is 13.5. The lowest BCUT2D eigenvalue weighted by atomic mass is 9.64. The van der Waals surface area contributed by atoms with Crippen LogP contribution in [0.4, 0.5) is 13.2 Å². The van der Waals surface area contributed by atoms with Gasteiger partial charge in [0.25, 0.3) is 0 Å². The molecule has 2 fully saturated rings. The van der Waals surface area contributed by atoms with Crippen molar-refractivity contribution in [3.63, 3.8) is 0 Å². The van der Waals surface area contributed by atoms with Crippen molar-refractivity contribution in [2.45, 2.75) is 75.9 Å². The highest BCUT2D eigenvalue weighted by Gasteiger charge is 2.60. The zero-order valence-corrected chi connectivity index (χ0v) is 10.9. The SMILES string of the molecule is NC(C1CCCCC1)(C1CCCCC1)C(F)(F)F. The molecule has 0 spiro atoms. The summed E-state index contributed by atoms with van der Waals surface area (Å²) in [5.74, 6) is -0.705. The summed E-state index contributed by atoms with van der Waals surface area (Å²) in [6, 6.07) is 0. The Morgan fingerprint density at radius 1 is 0.667 bits per heavy atom. The minimum absolute atomic E-state index is 0.352. The molecule has 2 rings (SSSR count). The van der Waals surface area contributed by atoms with E-state index < -0.39 is 11.7 Å². The summed E-state index contributed by atoms with van der Waals surface area (Å²) in [6.45, 7) is 0. The van der Waals surface area contributed by atoms with Crippen LogP contribution in [0.2, 0.25) is 0 Å². The van der Waals surface area contributed by atoms with E-state index in [1.807, 2.05) is 0 Å². The summed E-state index contributed by atoms with van der Waals surface area (Å²) in [5, 5.41) is 0. The minimum atomic E-state index is -4.25. The van der Waals surface area contributed by atoms with E-state index in [2.05, 4.69) is 0 Å². The van der Waals surface area contributed by atoms with Crippen LogP contribution in [0.1, 0.15) is 64.2 Å². The normalized spacial score (nSPS) is 25.3. The zero-order chi connectivity index (χ0) is 13.2. The lowest BCUT2D eigenvalue weighted by Crippen LogP contribution is -2.64. The number of hydrogen-bond donors (Lipinski definition) is 1. The van der Waals surface area contributed by atoms with Gasteiger partial charge in [0.2, 0.25) is 0 Å². The van der Waals surface area contributed by atoms with Gasteiger partial charge in [0.1, 0.15) is 5.54 Å². The summed E-state index contributed by atoms with van der Waals surface area (Å²) in [7, 11) is 0. The number of halogens is 3. The number of hydrogen-bond acceptors (Lipinski definition) is 1. The molecule has 2 saturated carbocycles. The van der Waals surface area contributed by atoms with E-state index in [0.29, 0.717) is 25.7 Å². The first-order valence-electron chi connectivity index (χ1n) is 7.32. The average molecular weight is 263 g/mol. The van der Waals surface area contributed by atoms with Crippen molar-refractivity contribution in [3.8, 4) is 0 Å². The molecule has 1 nitrogen and oxygen atoms in total. The second-order valence-corrected chi connectivity index (χ2v) is 6.10. The van der Waals surface area contributed by atoms with Gasteiger partial charge in [-0.3, -0.25) is 0 Å². The molecule has 0 bridgehead atoms. The van der Waals surface area contributed by atoms with Crippen LogP contribution >= 0.6 is 0 Å². The third-order valence-corrected chi connectivity index (χ3v) is 5.05. The minimum Gasteiger partial charge on any atom is -0.317 e. The van der Waals surface area contributed by atoms with Gasteiger partial charge in [0, 0.05) is 0 Å². The predicted molar refractivity (Wildman–Crippen MR) is 66.1 cm³/mol. The fraction of sp³-hybridized carbons (Fsp3) is 1.00. The lowest BCUT2D eigenvalue weighted by Gasteiger charge is -2.47. The molecule has 0 unspecified atom stereocenters. The second kappa shape index (κ2) is 5.40. The maximum Gasteiger partial charge on any atom is 0.406 e. The van der Waals surface area contributed by atoms with Crippen molar-refractivity contribution < 1.29 is 13.2 Å². The molecule has 0 aromatic carbocycles. The highest BCUT2D eigenvalue weighted by atomic mass is 19.4. The maximum absolute atomic E-state index is 13.5. The van der Waals surface area contributed by atoms with Crippen molar-refractivity contribution in [2.24, 2.45) is 17.6 Å². The fourth-order valence-electron chi connectivity index (χ4n) is 3.96. The summed E-state index contributed by atoms with van der Waals surface area (Å²) in [5.41, 5.74) is 4.08. The summed E-state index contributed by atoms with van der Waals surface area (Å²) in [4.78, 5) is 0. The first-order chi connectivity index (χ1) is 8.46. The topological polar surface area (TPSA) is 26.0 Å². The molecule has 0 aliphatic heterocycles. The molecule has 2 N–H and O–H groups in total. The second-order valence-electron chi connectivity index (χ2n) is 6.10. The Balaban J connectivity index is 2.21. The van der Waals surface area contributed by atoms with Crippen molar-refractivity contribution >= 4 is 0 Å². The van der Waals surface area contributed by atoms with Gasteiger partial charge in [0.15, 0.2) is 0 Å². The van der Waals surface area contributed by atoms with Crippen LogP contribution in [0.15, 0.2) is 0 Å². The Morgan fingerprint density at radius 2 is 1.00 bits per heavy atom. The number of rotatable bonds is 2. The highest BCUT2D eigenvalue weighted by Crippen LogP contribution is 2.49. The van der Waals surface area contributed by atoms with Crippen LogP contribution < -0.4 is 5.73 Å².